The van der Waals surface area contributed by atoms with Crippen LogP contribution in [0.15, 0.2) is 0 Å². The lowest BCUT2D eigenvalue weighted by Crippen LogP contribution is -2.24. The molecule has 0 aromatic heterocycles. The summed E-state index contributed by atoms with van der Waals surface area (Å²) in [5.74, 6) is -0.593. The van der Waals surface area contributed by atoms with Crippen LogP contribution in [-0.4, -0.2) is 31.4 Å². The standard InChI is InChI=1S/C4H5BFNO/c5-7-2-1-3(6)4(7)8/h3H,1-2H2. The molecule has 1 amide bonds. The van der Waals surface area contributed by atoms with Gasteiger partial charge >= 0.3 is 0 Å². The van der Waals surface area contributed by atoms with E-state index in [9.17, 15) is 9.18 Å². The fourth-order valence-electron chi connectivity index (χ4n) is 0.666. The number of halogens is 1. The maximum atomic E-state index is 12.1. The molecule has 0 aromatic rings. The van der Waals surface area contributed by atoms with E-state index in [1.165, 1.54) is 0 Å². The molecule has 0 bridgehead atoms. The number of hydrogen-bond donors (Lipinski definition) is 0. The van der Waals surface area contributed by atoms with Gasteiger partial charge in [0.15, 0.2) is 6.17 Å². The number of amides is 1. The highest BCUT2D eigenvalue weighted by Gasteiger charge is 2.27. The monoisotopic (exact) mass is 113 g/mol. The Hall–Kier alpha value is -0.535. The average molecular weight is 113 g/mol. The fraction of sp³-hybridized carbons (Fsp3) is 0.750. The molecule has 1 rings (SSSR count). The molecular formula is C4H5BFNO. The van der Waals surface area contributed by atoms with Gasteiger partial charge in [0.05, 0.1) is 0 Å². The summed E-state index contributed by atoms with van der Waals surface area (Å²) in [6.07, 6.45) is -1.10. The molecule has 1 atom stereocenters. The van der Waals surface area contributed by atoms with Gasteiger partial charge in [-0.1, -0.05) is 0 Å². The van der Waals surface area contributed by atoms with Crippen molar-refractivity contribution in [2.75, 3.05) is 6.54 Å². The van der Waals surface area contributed by atoms with Crippen molar-refractivity contribution in [2.24, 2.45) is 0 Å². The molecule has 1 saturated heterocycles. The van der Waals surface area contributed by atoms with Crippen molar-refractivity contribution < 1.29 is 9.18 Å². The number of alkyl halides is 1. The zero-order valence-electron chi connectivity index (χ0n) is 4.30. The maximum absolute atomic E-state index is 12.1. The topological polar surface area (TPSA) is 20.3 Å². The zero-order chi connectivity index (χ0) is 6.15. The SMILES string of the molecule is [B]N1CCC(F)C1=O. The van der Waals surface area contributed by atoms with Crippen molar-refractivity contribution in [3.63, 3.8) is 0 Å². The lowest BCUT2D eigenvalue weighted by molar-refractivity contribution is -0.127. The van der Waals surface area contributed by atoms with Gasteiger partial charge in [0.2, 0.25) is 13.9 Å². The minimum Gasteiger partial charge on any atom is -0.394 e. The van der Waals surface area contributed by atoms with Crippen LogP contribution in [-0.2, 0) is 4.79 Å². The second kappa shape index (κ2) is 1.76. The summed E-state index contributed by atoms with van der Waals surface area (Å²) in [7, 11) is 5.01. The first kappa shape index (κ1) is 5.60. The molecule has 4 heteroatoms. The Labute approximate surface area is 48.1 Å². The largest absolute Gasteiger partial charge is 0.394 e. The highest BCUT2D eigenvalue weighted by molar-refractivity contribution is 6.15. The molecule has 1 unspecified atom stereocenters. The van der Waals surface area contributed by atoms with Gasteiger partial charge in [-0.05, 0) is 0 Å². The summed E-state index contributed by atoms with van der Waals surface area (Å²) in [5, 5.41) is 0. The van der Waals surface area contributed by atoms with Gasteiger partial charge < -0.3 is 4.81 Å². The minimum absolute atomic E-state index is 0.245. The van der Waals surface area contributed by atoms with E-state index in [-0.39, 0.29) is 6.42 Å². The van der Waals surface area contributed by atoms with Crippen LogP contribution in [0.3, 0.4) is 0 Å². The first-order valence-electron chi connectivity index (χ1n) is 2.42. The van der Waals surface area contributed by atoms with Crippen LogP contribution in [0.2, 0.25) is 0 Å². The van der Waals surface area contributed by atoms with E-state index in [0.29, 0.717) is 6.54 Å². The van der Waals surface area contributed by atoms with Crippen molar-refractivity contribution in [3.8, 4) is 0 Å². The van der Waals surface area contributed by atoms with Crippen molar-refractivity contribution in [3.05, 3.63) is 0 Å². The number of hydrogen-bond acceptors (Lipinski definition) is 1. The van der Waals surface area contributed by atoms with E-state index in [4.69, 9.17) is 7.98 Å². The molecule has 1 aliphatic rings. The summed E-state index contributed by atoms with van der Waals surface area (Å²) in [6, 6.07) is 0. The summed E-state index contributed by atoms with van der Waals surface area (Å²) in [5.41, 5.74) is 0. The number of nitrogens with zero attached hydrogens (tertiary/aromatic N) is 1. The van der Waals surface area contributed by atoms with E-state index in [1.54, 1.807) is 0 Å². The highest BCUT2D eigenvalue weighted by atomic mass is 19.1. The first-order chi connectivity index (χ1) is 3.72. The van der Waals surface area contributed by atoms with E-state index in [1.807, 2.05) is 0 Å². The van der Waals surface area contributed by atoms with Crippen LogP contribution >= 0.6 is 0 Å². The second-order valence-corrected chi connectivity index (χ2v) is 1.79. The van der Waals surface area contributed by atoms with Gasteiger partial charge in [-0.3, -0.25) is 4.79 Å². The third kappa shape index (κ3) is 0.701. The molecule has 2 radical (unpaired) electrons. The Kier molecular flexibility index (Phi) is 1.23. The first-order valence-corrected chi connectivity index (χ1v) is 2.42. The van der Waals surface area contributed by atoms with Crippen LogP contribution < -0.4 is 0 Å². The normalized spacial score (nSPS) is 29.4. The Balaban J connectivity index is 2.57. The van der Waals surface area contributed by atoms with Gasteiger partial charge in [-0.2, -0.15) is 0 Å². The van der Waals surface area contributed by atoms with Crippen LogP contribution in [0.4, 0.5) is 4.39 Å². The van der Waals surface area contributed by atoms with Gasteiger partial charge in [0.25, 0.3) is 0 Å². The summed E-state index contributed by atoms with van der Waals surface area (Å²) in [4.78, 5) is 11.2. The van der Waals surface area contributed by atoms with E-state index in [0.717, 1.165) is 4.81 Å². The molecule has 1 aliphatic heterocycles. The van der Waals surface area contributed by atoms with Crippen LogP contribution in [0, 0.1) is 0 Å². The van der Waals surface area contributed by atoms with Gasteiger partial charge in [-0.15, -0.1) is 0 Å². The Morgan fingerprint density at radius 2 is 2.50 bits per heavy atom. The van der Waals surface area contributed by atoms with Crippen molar-refractivity contribution in [1.29, 1.82) is 0 Å². The third-order valence-corrected chi connectivity index (χ3v) is 1.17. The van der Waals surface area contributed by atoms with E-state index in [2.05, 4.69) is 0 Å². The Bertz CT molecular complexity index is 107. The molecule has 0 aliphatic carbocycles. The molecule has 0 aromatic carbocycles. The average Bonchev–Trinajstić information content (AvgIpc) is 1.98. The fourth-order valence-corrected chi connectivity index (χ4v) is 0.666. The van der Waals surface area contributed by atoms with Crippen LogP contribution in [0.25, 0.3) is 0 Å². The Morgan fingerprint density at radius 1 is 1.88 bits per heavy atom. The molecule has 1 heterocycles. The Morgan fingerprint density at radius 3 is 2.62 bits per heavy atom. The quantitative estimate of drug-likeness (QED) is 0.393. The predicted molar refractivity (Wildman–Crippen MR) is 27.0 cm³/mol. The van der Waals surface area contributed by atoms with Crippen molar-refractivity contribution in [1.82, 2.24) is 4.81 Å². The summed E-state index contributed by atoms with van der Waals surface area (Å²) >= 11 is 0. The molecule has 42 valence electrons. The van der Waals surface area contributed by atoms with Crippen molar-refractivity contribution >= 4 is 13.9 Å². The van der Waals surface area contributed by atoms with Gasteiger partial charge in [0, 0.05) is 13.0 Å². The molecule has 1 fully saturated rings. The summed E-state index contributed by atoms with van der Waals surface area (Å²) in [6.45, 7) is 0.347. The maximum Gasteiger partial charge on any atom is 0.244 e. The molecule has 0 spiro atoms. The smallest absolute Gasteiger partial charge is 0.244 e. The van der Waals surface area contributed by atoms with Gasteiger partial charge in [0.1, 0.15) is 0 Å². The van der Waals surface area contributed by atoms with Crippen LogP contribution in [0.1, 0.15) is 6.42 Å². The highest BCUT2D eigenvalue weighted by Crippen LogP contribution is 2.10. The predicted octanol–water partition coefficient (Wildman–Crippen LogP) is -0.360. The number of rotatable bonds is 0. The molecule has 0 saturated carbocycles. The van der Waals surface area contributed by atoms with Crippen molar-refractivity contribution in [2.45, 2.75) is 12.6 Å². The minimum atomic E-state index is -1.35. The van der Waals surface area contributed by atoms with Gasteiger partial charge in [-0.25, -0.2) is 4.39 Å². The lowest BCUT2D eigenvalue weighted by atomic mass is 10.3. The number of carbonyl (C=O) groups excluding carboxylic acids is 1. The lowest BCUT2D eigenvalue weighted by Gasteiger charge is -2.04. The molecular weight excluding hydrogens is 108 g/mol. The van der Waals surface area contributed by atoms with E-state index >= 15 is 0 Å². The zero-order valence-corrected chi connectivity index (χ0v) is 4.30. The molecule has 8 heavy (non-hydrogen) atoms. The summed E-state index contributed by atoms with van der Waals surface area (Å²) < 4.78 is 12.1. The molecule has 2 nitrogen and oxygen atoms in total. The molecule has 0 N–H and O–H groups in total. The van der Waals surface area contributed by atoms with Crippen LogP contribution in [0.5, 0.6) is 0 Å². The van der Waals surface area contributed by atoms with E-state index < -0.39 is 12.1 Å². The number of carbonyl (C=O) groups is 1. The second-order valence-electron chi connectivity index (χ2n) is 1.79. The third-order valence-electron chi connectivity index (χ3n) is 1.17.